The molecule has 0 fully saturated rings. The van der Waals surface area contributed by atoms with Gasteiger partial charge in [0.05, 0.1) is 0 Å². The first-order chi connectivity index (χ1) is 11.9. The van der Waals surface area contributed by atoms with Gasteiger partial charge in [0.25, 0.3) is 5.56 Å². The fourth-order valence-electron chi connectivity index (χ4n) is 3.20. The second-order valence-electron chi connectivity index (χ2n) is 6.82. The van der Waals surface area contributed by atoms with Crippen molar-refractivity contribution in [3.8, 4) is 0 Å². The predicted octanol–water partition coefficient (Wildman–Crippen LogP) is 1.65. The van der Waals surface area contributed by atoms with Gasteiger partial charge in [0.2, 0.25) is 5.91 Å². The molecule has 6 heteroatoms. The first kappa shape index (κ1) is 17.2. The Kier molecular flexibility index (Phi) is 4.61. The van der Waals surface area contributed by atoms with E-state index >= 15 is 0 Å². The van der Waals surface area contributed by atoms with Crippen LogP contribution in [-0.4, -0.2) is 21.6 Å². The highest BCUT2D eigenvalue weighted by Crippen LogP contribution is 2.30. The van der Waals surface area contributed by atoms with Gasteiger partial charge in [-0.2, -0.15) is 0 Å². The van der Waals surface area contributed by atoms with Gasteiger partial charge in [-0.15, -0.1) is 0 Å². The molecular formula is C19H23N3O3. The number of hydrogen-bond acceptors (Lipinski definition) is 3. The second-order valence-corrected chi connectivity index (χ2v) is 6.82. The number of hydrogen-bond donors (Lipinski definition) is 0. The van der Waals surface area contributed by atoms with E-state index < -0.39 is 5.69 Å². The highest BCUT2D eigenvalue weighted by Gasteiger charge is 2.23. The van der Waals surface area contributed by atoms with Crippen molar-refractivity contribution in [2.75, 3.05) is 11.4 Å². The number of aryl methyl sites for hydroxylation is 1. The van der Waals surface area contributed by atoms with Gasteiger partial charge < -0.3 is 4.90 Å². The second kappa shape index (κ2) is 6.70. The molecule has 0 bridgehead atoms. The summed E-state index contributed by atoms with van der Waals surface area (Å²) in [5.74, 6) is 0.305. The standard InChI is InChI=1S/C19H23N3O3/c1-13(2)14-6-7-16-15(11-14)5-4-9-22(16)18(24)12-21-10-8-17(23)20(3)19(21)25/h6-8,10-11,13H,4-5,9,12H2,1-3H3. The van der Waals surface area contributed by atoms with E-state index in [4.69, 9.17) is 0 Å². The Labute approximate surface area is 146 Å². The van der Waals surface area contributed by atoms with Crippen LogP contribution in [0.4, 0.5) is 5.69 Å². The molecule has 1 aromatic carbocycles. The third-order valence-electron chi connectivity index (χ3n) is 4.76. The topological polar surface area (TPSA) is 64.3 Å². The van der Waals surface area contributed by atoms with Gasteiger partial charge in [0.1, 0.15) is 6.54 Å². The average Bonchev–Trinajstić information content (AvgIpc) is 2.61. The monoisotopic (exact) mass is 341 g/mol. The zero-order valence-electron chi connectivity index (χ0n) is 14.9. The Morgan fingerprint density at radius 3 is 2.68 bits per heavy atom. The molecule has 1 aliphatic heterocycles. The number of benzene rings is 1. The molecule has 0 atom stereocenters. The SMILES string of the molecule is CC(C)c1ccc2c(c1)CCCN2C(=O)Cn1ccc(=O)n(C)c1=O. The maximum Gasteiger partial charge on any atom is 0.331 e. The fourth-order valence-corrected chi connectivity index (χ4v) is 3.20. The van der Waals surface area contributed by atoms with Gasteiger partial charge in [-0.1, -0.05) is 26.0 Å². The number of aromatic nitrogens is 2. The molecule has 0 unspecified atom stereocenters. The van der Waals surface area contributed by atoms with E-state index in [1.807, 2.05) is 6.07 Å². The number of rotatable bonds is 3. The normalized spacial score (nSPS) is 13.8. The number of nitrogens with zero attached hydrogens (tertiary/aromatic N) is 3. The van der Waals surface area contributed by atoms with Crippen LogP contribution in [0.15, 0.2) is 40.1 Å². The lowest BCUT2D eigenvalue weighted by Gasteiger charge is -2.30. The molecular weight excluding hydrogens is 318 g/mol. The molecule has 0 N–H and O–H groups in total. The van der Waals surface area contributed by atoms with Gasteiger partial charge in [0, 0.05) is 31.5 Å². The minimum absolute atomic E-state index is 0.0711. The van der Waals surface area contributed by atoms with E-state index in [1.165, 1.54) is 35.0 Å². The molecule has 2 heterocycles. The lowest BCUT2D eigenvalue weighted by Crippen LogP contribution is -2.43. The Bertz CT molecular complexity index is 924. The minimum atomic E-state index is -0.478. The fraction of sp³-hybridized carbons (Fsp3) is 0.421. The summed E-state index contributed by atoms with van der Waals surface area (Å²) in [5, 5.41) is 0. The van der Waals surface area contributed by atoms with Crippen molar-refractivity contribution in [3.05, 3.63) is 62.4 Å². The van der Waals surface area contributed by atoms with Crippen LogP contribution in [0, 0.1) is 0 Å². The molecule has 132 valence electrons. The largest absolute Gasteiger partial charge is 0.331 e. The molecule has 0 aliphatic carbocycles. The van der Waals surface area contributed by atoms with Crippen LogP contribution in [0.25, 0.3) is 0 Å². The zero-order valence-corrected chi connectivity index (χ0v) is 14.9. The molecule has 1 aliphatic rings. The van der Waals surface area contributed by atoms with Crippen LogP contribution in [0.5, 0.6) is 0 Å². The summed E-state index contributed by atoms with van der Waals surface area (Å²) in [4.78, 5) is 38.1. The third-order valence-corrected chi connectivity index (χ3v) is 4.76. The van der Waals surface area contributed by atoms with Gasteiger partial charge in [-0.3, -0.25) is 18.7 Å². The summed E-state index contributed by atoms with van der Waals surface area (Å²) in [6, 6.07) is 7.55. The Morgan fingerprint density at radius 1 is 1.20 bits per heavy atom. The van der Waals surface area contributed by atoms with Crippen LogP contribution in [0.1, 0.15) is 37.3 Å². The molecule has 6 nitrogen and oxygen atoms in total. The quantitative estimate of drug-likeness (QED) is 0.853. The minimum Gasteiger partial charge on any atom is -0.311 e. The number of anilines is 1. The molecule has 1 aromatic heterocycles. The Hall–Kier alpha value is -2.63. The summed E-state index contributed by atoms with van der Waals surface area (Å²) in [5.41, 5.74) is 2.52. The van der Waals surface area contributed by atoms with Crippen molar-refractivity contribution >= 4 is 11.6 Å². The van der Waals surface area contributed by atoms with Gasteiger partial charge in [-0.05, 0) is 36.0 Å². The molecule has 0 radical (unpaired) electrons. The molecule has 2 aromatic rings. The van der Waals surface area contributed by atoms with Crippen molar-refractivity contribution in [1.29, 1.82) is 0 Å². The van der Waals surface area contributed by atoms with Crippen molar-refractivity contribution in [1.82, 2.24) is 9.13 Å². The maximum absolute atomic E-state index is 12.8. The lowest BCUT2D eigenvalue weighted by atomic mass is 9.95. The van der Waals surface area contributed by atoms with E-state index in [0.717, 1.165) is 23.1 Å². The van der Waals surface area contributed by atoms with Crippen molar-refractivity contribution in [3.63, 3.8) is 0 Å². The van der Waals surface area contributed by atoms with Crippen LogP contribution < -0.4 is 16.1 Å². The molecule has 3 rings (SSSR count). The van der Waals surface area contributed by atoms with Gasteiger partial charge in [0.15, 0.2) is 0 Å². The molecule has 0 spiro atoms. The van der Waals surface area contributed by atoms with Crippen LogP contribution in [0.3, 0.4) is 0 Å². The van der Waals surface area contributed by atoms with Gasteiger partial charge >= 0.3 is 5.69 Å². The Morgan fingerprint density at radius 2 is 1.96 bits per heavy atom. The van der Waals surface area contributed by atoms with Crippen LogP contribution in [0.2, 0.25) is 0 Å². The maximum atomic E-state index is 12.8. The molecule has 0 saturated carbocycles. The van der Waals surface area contributed by atoms with E-state index in [9.17, 15) is 14.4 Å². The van der Waals surface area contributed by atoms with Gasteiger partial charge in [-0.25, -0.2) is 4.79 Å². The summed E-state index contributed by atoms with van der Waals surface area (Å²) >= 11 is 0. The van der Waals surface area contributed by atoms with Crippen molar-refractivity contribution < 1.29 is 4.79 Å². The highest BCUT2D eigenvalue weighted by atomic mass is 16.2. The molecule has 1 amide bonds. The lowest BCUT2D eigenvalue weighted by molar-refractivity contribution is -0.119. The molecule has 25 heavy (non-hydrogen) atoms. The molecule has 0 saturated heterocycles. The van der Waals surface area contributed by atoms with Crippen LogP contribution in [-0.2, 0) is 24.8 Å². The number of fused-ring (bicyclic) bond motifs is 1. The number of carbonyl (C=O) groups excluding carboxylic acids is 1. The third kappa shape index (κ3) is 3.29. The zero-order chi connectivity index (χ0) is 18.1. The van der Waals surface area contributed by atoms with E-state index in [0.29, 0.717) is 12.5 Å². The predicted molar refractivity (Wildman–Crippen MR) is 97.1 cm³/mol. The summed E-state index contributed by atoms with van der Waals surface area (Å²) in [7, 11) is 1.41. The first-order valence-corrected chi connectivity index (χ1v) is 8.58. The van der Waals surface area contributed by atoms with E-state index in [1.54, 1.807) is 4.90 Å². The van der Waals surface area contributed by atoms with E-state index in [2.05, 4.69) is 26.0 Å². The average molecular weight is 341 g/mol. The van der Waals surface area contributed by atoms with Crippen LogP contribution >= 0.6 is 0 Å². The highest BCUT2D eigenvalue weighted by molar-refractivity contribution is 5.94. The van der Waals surface area contributed by atoms with E-state index in [-0.39, 0.29) is 18.0 Å². The van der Waals surface area contributed by atoms with Crippen molar-refractivity contribution in [2.45, 2.75) is 39.2 Å². The number of amides is 1. The summed E-state index contributed by atoms with van der Waals surface area (Å²) in [6.07, 6.45) is 3.25. The summed E-state index contributed by atoms with van der Waals surface area (Å²) in [6.45, 7) is 4.88. The smallest absolute Gasteiger partial charge is 0.311 e. The first-order valence-electron chi connectivity index (χ1n) is 8.58. The Balaban J connectivity index is 1.89. The summed E-state index contributed by atoms with van der Waals surface area (Å²) < 4.78 is 2.28. The van der Waals surface area contributed by atoms with Crippen molar-refractivity contribution in [2.24, 2.45) is 7.05 Å². The number of carbonyl (C=O) groups is 1.